The minimum atomic E-state index is -2.06. The predicted molar refractivity (Wildman–Crippen MR) is 363 cm³/mol. The molecule has 39 nitrogen and oxygen atoms in total. The summed E-state index contributed by atoms with van der Waals surface area (Å²) in [6.45, 7) is 12.7. The highest BCUT2D eigenvalue weighted by Gasteiger charge is 2.70. The first-order valence-corrected chi connectivity index (χ1v) is 37.1. The number of carbonyl (C=O) groups is 2. The molecule has 0 aromatic heterocycles. The third kappa shape index (κ3) is 15.5. The zero-order valence-corrected chi connectivity index (χ0v) is 64.5. The van der Waals surface area contributed by atoms with Crippen molar-refractivity contribution in [2.45, 2.75) is 295 Å². The number of aryl methyl sites for hydroxylation is 1. The van der Waals surface area contributed by atoms with Crippen molar-refractivity contribution in [1.29, 1.82) is 0 Å². The van der Waals surface area contributed by atoms with Gasteiger partial charge in [-0.2, -0.15) is 0 Å². The van der Waals surface area contributed by atoms with Gasteiger partial charge in [-0.25, -0.2) is 9.59 Å². The molecule has 8 N–H and O–H groups in total. The molecule has 0 aliphatic carbocycles. The van der Waals surface area contributed by atoms with Gasteiger partial charge in [0.2, 0.25) is 0 Å². The Morgan fingerprint density at radius 3 is 1.98 bits per heavy atom. The molecule has 0 amide bonds. The molecule has 11 aliphatic rings. The second-order valence-corrected chi connectivity index (χ2v) is 30.6. The number of ether oxygens (including phenoxy) is 26. The fraction of sp³-hybridized carbons (Fsp3) is 0.800. The summed E-state index contributed by atoms with van der Waals surface area (Å²) in [7, 11) is 6.53. The van der Waals surface area contributed by atoms with Crippen LogP contribution in [0.25, 0.3) is 0 Å². The van der Waals surface area contributed by atoms with Gasteiger partial charge < -0.3 is 164 Å². The van der Waals surface area contributed by atoms with Crippen molar-refractivity contribution < 1.29 is 179 Å². The lowest BCUT2D eigenvalue weighted by Crippen LogP contribution is -2.68. The molecule has 41 heteroatoms. The number of phenolic OH excluding ortho intramolecular Hbond substituents is 3. The fourth-order valence-electron chi connectivity index (χ4n) is 17.0. The molecule has 11 heterocycles. The second-order valence-electron chi connectivity index (χ2n) is 29.9. The Labute approximate surface area is 645 Å². The van der Waals surface area contributed by atoms with E-state index in [9.17, 15) is 60.6 Å². The number of fused-ring (bicyclic) bond motifs is 4. The van der Waals surface area contributed by atoms with Gasteiger partial charge in [0.25, 0.3) is 11.5 Å². The zero-order valence-electron chi connectivity index (χ0n) is 63.0. The van der Waals surface area contributed by atoms with E-state index in [1.54, 1.807) is 34.6 Å². The van der Waals surface area contributed by atoms with Crippen LogP contribution >= 0.6 is 23.2 Å². The average molecular weight is 1630 g/mol. The maximum atomic E-state index is 14.3. The summed E-state index contributed by atoms with van der Waals surface area (Å²) in [4.78, 5) is 39.8. The molecule has 35 atom stereocenters. The first kappa shape index (κ1) is 84.4. The Balaban J connectivity index is 0.644. The molecule has 624 valence electrons. The molecule has 11 aliphatic heterocycles. The van der Waals surface area contributed by atoms with Crippen molar-refractivity contribution in [2.24, 2.45) is 0 Å². The van der Waals surface area contributed by atoms with Gasteiger partial charge in [-0.15, -0.1) is 0 Å². The molecule has 13 rings (SSSR count). The number of rotatable bonds is 21. The molecule has 111 heavy (non-hydrogen) atoms. The average Bonchev–Trinajstić information content (AvgIpc) is 1.58. The number of nitro groups is 1. The quantitative estimate of drug-likeness (QED) is 0.0495. The highest BCUT2D eigenvalue weighted by Crippen LogP contribution is 2.53. The lowest BCUT2D eigenvalue weighted by Gasteiger charge is -2.50. The van der Waals surface area contributed by atoms with Gasteiger partial charge in [-0.1, -0.05) is 23.2 Å². The van der Waals surface area contributed by atoms with Crippen LogP contribution in [0.3, 0.4) is 0 Å². The number of nitrogens with zero attached hydrogens (tertiary/aromatic N) is 1. The van der Waals surface area contributed by atoms with Crippen LogP contribution in [0.4, 0.5) is 0 Å². The van der Waals surface area contributed by atoms with E-state index in [4.69, 9.17) is 146 Å². The van der Waals surface area contributed by atoms with Gasteiger partial charge in [0, 0.05) is 52.8 Å². The highest BCUT2D eigenvalue weighted by atomic mass is 35.5. The smallest absolute Gasteiger partial charge is 0.342 e. The minimum Gasteiger partial charge on any atom is -0.508 e. The minimum absolute atomic E-state index is 0.0700. The first-order chi connectivity index (χ1) is 52.6. The van der Waals surface area contributed by atoms with E-state index in [2.05, 4.69) is 0 Å². The second kappa shape index (κ2) is 33.1. The monoisotopic (exact) mass is 1630 g/mol. The SMILES string of the molecule is COCC1OC(OC2OCC3O[C@@]4(OCC(OC(=O)c5c(C)cc(O)cc5O)C5OCOC54)OC3C2O)C(OC)C(O)C1OC1OC(C)C(OC)C(OC2OC(C)C3O[C@]4(CC(O)C(OC5CC(OC6C[C@](C)([N+](=O)[O-])C(OC)C(C)O6)C(OC(=O)c6c(C)c(Cl)c(O)c(Cl)c6OC)C(C)O5)C(C)O4)O[C@]3(C)C2O)C1O. The van der Waals surface area contributed by atoms with Gasteiger partial charge in [0.15, 0.2) is 73.7 Å². The lowest BCUT2D eigenvalue weighted by atomic mass is 9.85. The summed E-state index contributed by atoms with van der Waals surface area (Å²) in [5.74, 6) is -7.54. The Kier molecular flexibility index (Phi) is 25.1. The van der Waals surface area contributed by atoms with Crippen LogP contribution in [-0.2, 0) is 118 Å². The topological polar surface area (TPSA) is 479 Å². The number of hydrogen-bond donors (Lipinski definition) is 8. The third-order valence-electron chi connectivity index (χ3n) is 22.5. The van der Waals surface area contributed by atoms with Crippen LogP contribution in [0.5, 0.6) is 23.0 Å². The van der Waals surface area contributed by atoms with Crippen molar-refractivity contribution in [1.82, 2.24) is 0 Å². The largest absolute Gasteiger partial charge is 0.508 e. The first-order valence-electron chi connectivity index (χ1n) is 36.3. The number of phenols is 3. The van der Waals surface area contributed by atoms with E-state index in [-0.39, 0.29) is 83.3 Å². The Morgan fingerprint density at radius 2 is 1.31 bits per heavy atom. The van der Waals surface area contributed by atoms with Crippen molar-refractivity contribution in [3.8, 4) is 23.0 Å². The van der Waals surface area contributed by atoms with Gasteiger partial charge in [-0.3, -0.25) is 10.1 Å². The van der Waals surface area contributed by atoms with E-state index in [0.717, 1.165) is 6.07 Å². The molecule has 11 saturated heterocycles. The summed E-state index contributed by atoms with van der Waals surface area (Å²) in [6, 6.07) is 2.28. The molecule has 2 spiro atoms. The summed E-state index contributed by atoms with van der Waals surface area (Å²) in [5, 5.41) is 104. The Hall–Kier alpha value is -4.56. The molecule has 0 bridgehead atoms. The maximum absolute atomic E-state index is 14.3. The van der Waals surface area contributed by atoms with Crippen LogP contribution in [0, 0.1) is 24.0 Å². The number of hydrogen-bond acceptors (Lipinski definition) is 38. The van der Waals surface area contributed by atoms with Crippen LogP contribution in [0.1, 0.15) is 99.6 Å². The van der Waals surface area contributed by atoms with Crippen molar-refractivity contribution in [3.63, 3.8) is 0 Å². The lowest BCUT2D eigenvalue weighted by molar-refractivity contribution is -0.595. The van der Waals surface area contributed by atoms with Crippen LogP contribution < -0.4 is 4.74 Å². The van der Waals surface area contributed by atoms with Gasteiger partial charge in [0.1, 0.15) is 132 Å². The van der Waals surface area contributed by atoms with E-state index >= 15 is 0 Å². The van der Waals surface area contributed by atoms with E-state index in [1.807, 2.05) is 0 Å². The van der Waals surface area contributed by atoms with Crippen molar-refractivity contribution >= 4 is 35.1 Å². The Bertz CT molecular complexity index is 3630. The van der Waals surface area contributed by atoms with E-state index < -0.39 is 248 Å². The van der Waals surface area contributed by atoms with Crippen molar-refractivity contribution in [3.05, 3.63) is 54.5 Å². The van der Waals surface area contributed by atoms with Gasteiger partial charge in [-0.05, 0) is 72.6 Å². The van der Waals surface area contributed by atoms with Crippen LogP contribution in [-0.4, -0.2) is 333 Å². The highest BCUT2D eigenvalue weighted by molar-refractivity contribution is 6.39. The number of aromatic hydroxyl groups is 3. The summed E-state index contributed by atoms with van der Waals surface area (Å²) < 4.78 is 160. The number of halogens is 2. The van der Waals surface area contributed by atoms with E-state index in [0.29, 0.717) is 0 Å². The summed E-state index contributed by atoms with van der Waals surface area (Å²) in [5.41, 5.74) is -3.54. The number of aliphatic hydroxyl groups excluding tert-OH is 5. The molecule has 31 unspecified atom stereocenters. The number of carbonyl (C=O) groups excluding carboxylic acids is 2. The molecule has 2 aromatic rings. The number of esters is 2. The van der Waals surface area contributed by atoms with Crippen LogP contribution in [0.15, 0.2) is 12.1 Å². The number of benzene rings is 2. The summed E-state index contributed by atoms with van der Waals surface area (Å²) >= 11 is 12.8. The molecule has 11 fully saturated rings. The molecule has 0 saturated carbocycles. The van der Waals surface area contributed by atoms with Gasteiger partial charge in [0.05, 0.1) is 81.4 Å². The van der Waals surface area contributed by atoms with Gasteiger partial charge >= 0.3 is 17.9 Å². The fourth-order valence-corrected chi connectivity index (χ4v) is 17.5. The van der Waals surface area contributed by atoms with E-state index in [1.165, 1.54) is 69.3 Å². The normalized spacial score (nSPS) is 45.6. The number of aliphatic hydroxyl groups is 5. The number of methoxy groups -OCH3 is 5. The maximum Gasteiger partial charge on any atom is 0.342 e. The van der Waals surface area contributed by atoms with Crippen molar-refractivity contribution in [2.75, 3.05) is 62.2 Å². The van der Waals surface area contributed by atoms with Crippen LogP contribution in [0.2, 0.25) is 10.0 Å². The standard InChI is InChI=1S/C70H97Cl2NO38/c1-24-15-31(74)16-32(75)40(24)61(82)100-36-22-94-70(60-53(36)92-23-93-60)108-37-21-91-63(46(79)52(37)109-70)106-65-56(89-13)45(78)51(35(101-65)20-86-10)104-64-47(80)55(50(87-11)27(4)97-64)105-66-57(81)68(9)59(30(7)98-66)110-69(111-68)18-33(76)48(28(5)107-69)102-38-17-34(99-39-19-67(8,73(84)85)58(90-14)29(6)96-39)49(26(3)95-38)103-62(83)41-25(2)42(71)44(77)43(72)54(41)88-12/h15-16,26-30,33-39,45-53,55-60,63-66,74-81H,17-23H2,1-14H3/t26?,27?,28?,29?,30?,33?,34?,35?,36?,37?,38?,39?,45?,46?,47?,48?,49?,50?,51?,52?,53?,55?,56?,57?,58?,59?,60?,63?,64?,65?,66?,67-,68+,69+,70+/m0/s1. The molecular weight excluding hydrogens is 1530 g/mol. The predicted octanol–water partition coefficient (Wildman–Crippen LogP) is 1.26. The zero-order chi connectivity index (χ0) is 80.2. The molecular formula is C70H97Cl2NO38. The third-order valence-corrected chi connectivity index (χ3v) is 23.3. The molecule has 2 aromatic carbocycles. The molecule has 0 radical (unpaired) electrons. The Morgan fingerprint density at radius 1 is 0.613 bits per heavy atom. The summed E-state index contributed by atoms with van der Waals surface area (Å²) in [6.07, 6.45) is -40.9.